The summed E-state index contributed by atoms with van der Waals surface area (Å²) >= 11 is 3.44. The maximum absolute atomic E-state index is 12.1. The predicted molar refractivity (Wildman–Crippen MR) is 99.0 cm³/mol. The summed E-state index contributed by atoms with van der Waals surface area (Å²) in [5.74, 6) is 0.243. The van der Waals surface area contributed by atoms with Crippen LogP contribution in [0.25, 0.3) is 0 Å². The van der Waals surface area contributed by atoms with Crippen LogP contribution in [-0.4, -0.2) is 35.2 Å². The number of hydrogen-bond acceptors (Lipinski definition) is 4. The summed E-state index contributed by atoms with van der Waals surface area (Å²) in [7, 11) is 0. The van der Waals surface area contributed by atoms with Gasteiger partial charge in [0.1, 0.15) is 11.9 Å². The number of unbranched alkanes of at least 4 members (excludes halogenated alkanes) is 3. The lowest BCUT2D eigenvalue weighted by atomic mass is 10.0. The van der Waals surface area contributed by atoms with Crippen LogP contribution in [0.4, 0.5) is 4.79 Å². The van der Waals surface area contributed by atoms with Crippen molar-refractivity contribution in [1.82, 2.24) is 4.90 Å². The van der Waals surface area contributed by atoms with Crippen molar-refractivity contribution in [1.29, 1.82) is 0 Å². The largest absolute Gasteiger partial charge is 0.463 e. The lowest BCUT2D eigenvalue weighted by molar-refractivity contribution is -0.180. The second kappa shape index (κ2) is 7.96. The number of nitrogens with zero attached hydrogens (tertiary/aromatic N) is 1. The molecule has 1 aromatic carbocycles. The molecule has 1 atom stereocenters. The van der Waals surface area contributed by atoms with Gasteiger partial charge in [-0.1, -0.05) is 34.8 Å². The average molecular weight is 412 g/mol. The molecule has 0 saturated carbocycles. The number of carbonyl (C=O) groups is 1. The van der Waals surface area contributed by atoms with Gasteiger partial charge < -0.3 is 19.1 Å². The Hall–Kier alpha value is -1.27. The minimum atomic E-state index is -0.597. The van der Waals surface area contributed by atoms with Crippen molar-refractivity contribution >= 4 is 22.0 Å². The summed E-state index contributed by atoms with van der Waals surface area (Å²) in [5.41, 5.74) is 2.00. The molecule has 0 unspecified atom stereocenters. The number of hydrogen-bond donors (Lipinski definition) is 0. The number of cyclic esters (lactones) is 1. The fourth-order valence-electron chi connectivity index (χ4n) is 3.17. The number of carbonyl (C=O) groups excluding carboxylic acids is 1. The van der Waals surface area contributed by atoms with E-state index in [2.05, 4.69) is 15.9 Å². The van der Waals surface area contributed by atoms with Gasteiger partial charge in [0, 0.05) is 31.3 Å². The molecule has 1 amide bonds. The van der Waals surface area contributed by atoms with Crippen LogP contribution in [0.15, 0.2) is 18.2 Å². The van der Waals surface area contributed by atoms with E-state index in [1.54, 1.807) is 0 Å². The normalized spacial score (nSPS) is 21.6. The number of fused-ring (bicyclic) bond motifs is 1. The van der Waals surface area contributed by atoms with Gasteiger partial charge in [0.2, 0.25) is 5.79 Å². The van der Waals surface area contributed by atoms with E-state index in [0.29, 0.717) is 13.2 Å². The summed E-state index contributed by atoms with van der Waals surface area (Å²) in [6.07, 6.45) is 4.12. The Labute approximate surface area is 157 Å². The molecule has 5 nitrogen and oxygen atoms in total. The van der Waals surface area contributed by atoms with E-state index in [1.807, 2.05) is 36.9 Å². The van der Waals surface area contributed by atoms with E-state index in [-0.39, 0.29) is 12.2 Å². The molecule has 0 aliphatic carbocycles. The molecule has 0 spiro atoms. The molecule has 3 rings (SSSR count). The highest BCUT2D eigenvalue weighted by atomic mass is 79.9. The van der Waals surface area contributed by atoms with E-state index < -0.39 is 5.79 Å². The predicted octanol–water partition coefficient (Wildman–Crippen LogP) is 4.78. The second-order valence-electron chi connectivity index (χ2n) is 7.08. The van der Waals surface area contributed by atoms with Crippen LogP contribution >= 0.6 is 15.9 Å². The van der Waals surface area contributed by atoms with E-state index >= 15 is 0 Å². The van der Waals surface area contributed by atoms with Crippen molar-refractivity contribution in [2.75, 3.05) is 18.4 Å². The van der Waals surface area contributed by atoms with E-state index in [0.717, 1.165) is 41.6 Å². The van der Waals surface area contributed by atoms with Crippen LogP contribution in [0, 0.1) is 0 Å². The molecule has 1 aromatic rings. The molecule has 0 radical (unpaired) electrons. The van der Waals surface area contributed by atoms with Crippen molar-refractivity contribution in [3.63, 3.8) is 0 Å². The van der Waals surface area contributed by atoms with Crippen molar-refractivity contribution in [2.45, 2.75) is 58.0 Å². The number of benzene rings is 1. The van der Waals surface area contributed by atoms with Crippen LogP contribution in [0.5, 0.6) is 5.75 Å². The average Bonchev–Trinajstić information content (AvgIpc) is 2.94. The Balaban J connectivity index is 1.57. The van der Waals surface area contributed by atoms with Gasteiger partial charge in [-0.3, -0.25) is 0 Å². The number of rotatable bonds is 7. The first-order chi connectivity index (χ1) is 12.0. The summed E-state index contributed by atoms with van der Waals surface area (Å²) < 4.78 is 17.1. The first kappa shape index (κ1) is 18.5. The molecule has 1 fully saturated rings. The maximum Gasteiger partial charge on any atom is 0.410 e. The van der Waals surface area contributed by atoms with E-state index in [4.69, 9.17) is 14.2 Å². The molecule has 1 saturated heterocycles. The molecular weight excluding hydrogens is 386 g/mol. The Morgan fingerprint density at radius 1 is 1.24 bits per heavy atom. The quantitative estimate of drug-likeness (QED) is 0.478. The first-order valence-corrected chi connectivity index (χ1v) is 10.1. The van der Waals surface area contributed by atoms with Gasteiger partial charge in [-0.25, -0.2) is 4.79 Å². The van der Waals surface area contributed by atoms with Gasteiger partial charge in [0.15, 0.2) is 0 Å². The molecule has 138 valence electrons. The van der Waals surface area contributed by atoms with Crippen LogP contribution < -0.4 is 4.74 Å². The second-order valence-corrected chi connectivity index (χ2v) is 7.87. The Kier molecular flexibility index (Phi) is 5.89. The summed E-state index contributed by atoms with van der Waals surface area (Å²) in [5, 5.41) is 1.05. The minimum absolute atomic E-state index is 0.211. The van der Waals surface area contributed by atoms with Crippen LogP contribution in [0.3, 0.4) is 0 Å². The highest BCUT2D eigenvalue weighted by Gasteiger charge is 2.33. The fourth-order valence-corrected chi connectivity index (χ4v) is 3.57. The van der Waals surface area contributed by atoms with E-state index in [1.165, 1.54) is 12.8 Å². The smallest absolute Gasteiger partial charge is 0.410 e. The number of alkyl halides is 1. The fraction of sp³-hybridized carbons (Fsp3) is 0.632. The molecule has 0 bridgehead atoms. The molecule has 25 heavy (non-hydrogen) atoms. The first-order valence-electron chi connectivity index (χ1n) is 8.96. The molecule has 0 aromatic heterocycles. The van der Waals surface area contributed by atoms with Gasteiger partial charge >= 0.3 is 6.09 Å². The molecule has 6 heteroatoms. The van der Waals surface area contributed by atoms with Crippen LogP contribution in [0.1, 0.15) is 56.8 Å². The zero-order valence-corrected chi connectivity index (χ0v) is 16.5. The third-order valence-electron chi connectivity index (χ3n) is 4.59. The highest BCUT2D eigenvalue weighted by molar-refractivity contribution is 9.09. The standard InChI is InChI=1S/C19H26BrNO4/c1-19(2)23-13-15-11-14(7-8-16(15)25-19)17-12-21(18(22)24-17)10-6-4-3-5-9-20/h7-8,11,17H,3-6,9-10,12-13H2,1-2H3/t17-/m0/s1. The minimum Gasteiger partial charge on any atom is -0.463 e. The van der Waals surface area contributed by atoms with Gasteiger partial charge in [-0.05, 0) is 30.5 Å². The zero-order chi connectivity index (χ0) is 17.9. The van der Waals surface area contributed by atoms with Crippen molar-refractivity contribution in [3.05, 3.63) is 29.3 Å². The lowest BCUT2D eigenvalue weighted by Crippen LogP contribution is -2.35. The third-order valence-corrected chi connectivity index (χ3v) is 5.15. The van der Waals surface area contributed by atoms with Crippen molar-refractivity contribution in [2.24, 2.45) is 0 Å². The number of halogens is 1. The zero-order valence-electron chi connectivity index (χ0n) is 14.9. The van der Waals surface area contributed by atoms with Crippen LogP contribution in [0.2, 0.25) is 0 Å². The number of ether oxygens (including phenoxy) is 3. The molecular formula is C19H26BrNO4. The molecule has 0 N–H and O–H groups in total. The molecule has 2 aliphatic rings. The lowest BCUT2D eigenvalue weighted by Gasteiger charge is -2.32. The Morgan fingerprint density at radius 2 is 2.04 bits per heavy atom. The van der Waals surface area contributed by atoms with Gasteiger partial charge in [-0.2, -0.15) is 0 Å². The maximum atomic E-state index is 12.1. The Morgan fingerprint density at radius 3 is 2.84 bits per heavy atom. The van der Waals surface area contributed by atoms with Gasteiger partial charge in [0.05, 0.1) is 13.2 Å². The monoisotopic (exact) mass is 411 g/mol. The van der Waals surface area contributed by atoms with Crippen LogP contribution in [-0.2, 0) is 16.1 Å². The summed E-state index contributed by atoms with van der Waals surface area (Å²) in [4.78, 5) is 13.9. The van der Waals surface area contributed by atoms with Gasteiger partial charge in [0.25, 0.3) is 0 Å². The highest BCUT2D eigenvalue weighted by Crippen LogP contribution is 2.35. The Bertz CT molecular complexity index is 619. The third kappa shape index (κ3) is 4.67. The SMILES string of the molecule is CC1(C)OCc2cc([C@@H]3CN(CCCCCCBr)C(=O)O3)ccc2O1. The van der Waals surface area contributed by atoms with Crippen molar-refractivity contribution < 1.29 is 19.0 Å². The summed E-state index contributed by atoms with van der Waals surface area (Å²) in [6.45, 7) is 5.69. The summed E-state index contributed by atoms with van der Waals surface area (Å²) in [6, 6.07) is 5.96. The number of amides is 1. The topological polar surface area (TPSA) is 48.0 Å². The van der Waals surface area contributed by atoms with Crippen molar-refractivity contribution in [3.8, 4) is 5.75 Å². The van der Waals surface area contributed by atoms with Gasteiger partial charge in [-0.15, -0.1) is 0 Å². The molecule has 2 heterocycles. The molecule has 2 aliphatic heterocycles. The van der Waals surface area contributed by atoms with E-state index in [9.17, 15) is 4.79 Å².